The van der Waals surface area contributed by atoms with Crippen LogP contribution in [-0.4, -0.2) is 22.8 Å². The van der Waals surface area contributed by atoms with E-state index in [-0.39, 0.29) is 19.0 Å². The van der Waals surface area contributed by atoms with Crippen LogP contribution in [0.2, 0.25) is 0 Å². The average molecular weight is 321 g/mol. The number of hydrogen-bond donors (Lipinski definition) is 3. The molecule has 0 bridgehead atoms. The number of aliphatic hydroxyl groups is 1. The zero-order chi connectivity index (χ0) is 17.0. The third kappa shape index (κ3) is 4.59. The van der Waals surface area contributed by atoms with E-state index in [1.165, 1.54) is 0 Å². The summed E-state index contributed by atoms with van der Waals surface area (Å²) in [6.07, 6.45) is 0. The minimum Gasteiger partial charge on any atom is -0.463 e. The molecule has 0 saturated carbocycles. The Labute approximate surface area is 135 Å². The topological polar surface area (TPSA) is 101 Å². The fraction of sp³-hybridized carbons (Fsp3) is 0.500. The van der Waals surface area contributed by atoms with Gasteiger partial charge in [-0.15, -0.1) is 0 Å². The molecule has 2 rings (SSSR count). The van der Waals surface area contributed by atoms with Crippen molar-refractivity contribution in [2.45, 2.75) is 45.8 Å². The van der Waals surface area contributed by atoms with Gasteiger partial charge in [0.25, 0.3) is 0 Å². The molecule has 126 valence electrons. The number of nitrogens with one attached hydrogen (secondary N) is 2. The zero-order valence-electron chi connectivity index (χ0n) is 13.8. The standard InChI is InChI=1S/C16H23N3O4/c1-10(2)13-7-12(23-19-13)8-17-15(20)18-9-16(4,21)14-6-5-11(3)22-14/h5-7,10,21H,8-9H2,1-4H3,(H2,17,18,20). The van der Waals surface area contributed by atoms with Crippen molar-refractivity contribution >= 4 is 6.03 Å². The maximum Gasteiger partial charge on any atom is 0.315 e. The minimum absolute atomic E-state index is 0.0272. The first-order valence-electron chi connectivity index (χ1n) is 7.54. The molecule has 2 aromatic rings. The van der Waals surface area contributed by atoms with Gasteiger partial charge in [0.2, 0.25) is 0 Å². The van der Waals surface area contributed by atoms with Crippen LogP contribution in [0.25, 0.3) is 0 Å². The van der Waals surface area contributed by atoms with Crippen LogP contribution in [0.15, 0.2) is 27.1 Å². The van der Waals surface area contributed by atoms with E-state index >= 15 is 0 Å². The maximum atomic E-state index is 11.8. The fourth-order valence-corrected chi connectivity index (χ4v) is 1.98. The van der Waals surface area contributed by atoms with E-state index in [0.29, 0.717) is 17.3 Å². The number of amides is 2. The van der Waals surface area contributed by atoms with Crippen molar-refractivity contribution in [2.24, 2.45) is 0 Å². The van der Waals surface area contributed by atoms with Crippen molar-refractivity contribution in [3.8, 4) is 0 Å². The summed E-state index contributed by atoms with van der Waals surface area (Å²) >= 11 is 0. The molecule has 1 unspecified atom stereocenters. The summed E-state index contributed by atoms with van der Waals surface area (Å²) in [5.41, 5.74) is -0.429. The average Bonchev–Trinajstić information content (AvgIpc) is 3.12. The number of furan rings is 1. The zero-order valence-corrected chi connectivity index (χ0v) is 13.8. The van der Waals surface area contributed by atoms with Crippen molar-refractivity contribution in [1.29, 1.82) is 0 Å². The Morgan fingerprint density at radius 1 is 1.39 bits per heavy atom. The number of rotatable bonds is 6. The van der Waals surface area contributed by atoms with Crippen LogP contribution in [0.4, 0.5) is 4.79 Å². The van der Waals surface area contributed by atoms with E-state index in [4.69, 9.17) is 8.94 Å². The van der Waals surface area contributed by atoms with Crippen LogP contribution in [0.1, 0.15) is 49.7 Å². The Hall–Kier alpha value is -2.28. The molecule has 0 aliphatic rings. The number of hydrogen-bond acceptors (Lipinski definition) is 5. The Morgan fingerprint density at radius 3 is 2.70 bits per heavy atom. The van der Waals surface area contributed by atoms with Crippen LogP contribution in [0.3, 0.4) is 0 Å². The lowest BCUT2D eigenvalue weighted by Gasteiger charge is -2.21. The SMILES string of the molecule is Cc1ccc(C(C)(O)CNC(=O)NCc2cc(C(C)C)no2)o1. The Bertz CT molecular complexity index is 658. The second kappa shape index (κ2) is 6.87. The van der Waals surface area contributed by atoms with E-state index in [2.05, 4.69) is 15.8 Å². The van der Waals surface area contributed by atoms with Crippen molar-refractivity contribution in [3.63, 3.8) is 0 Å². The van der Waals surface area contributed by atoms with Crippen molar-refractivity contribution in [1.82, 2.24) is 15.8 Å². The van der Waals surface area contributed by atoms with E-state index in [1.54, 1.807) is 26.0 Å². The smallest absolute Gasteiger partial charge is 0.315 e. The highest BCUT2D eigenvalue weighted by atomic mass is 16.5. The van der Waals surface area contributed by atoms with E-state index in [9.17, 15) is 9.90 Å². The molecule has 0 spiro atoms. The monoisotopic (exact) mass is 321 g/mol. The van der Waals surface area contributed by atoms with Gasteiger partial charge in [0.05, 0.1) is 18.8 Å². The maximum absolute atomic E-state index is 11.8. The molecular weight excluding hydrogens is 298 g/mol. The number of urea groups is 1. The molecule has 0 fully saturated rings. The van der Waals surface area contributed by atoms with Gasteiger partial charge in [-0.2, -0.15) is 0 Å². The third-order valence-corrected chi connectivity index (χ3v) is 3.46. The summed E-state index contributed by atoms with van der Waals surface area (Å²) in [5.74, 6) is 1.97. The highest BCUT2D eigenvalue weighted by Gasteiger charge is 2.27. The molecule has 23 heavy (non-hydrogen) atoms. The van der Waals surface area contributed by atoms with Crippen molar-refractivity contribution in [3.05, 3.63) is 41.2 Å². The van der Waals surface area contributed by atoms with Gasteiger partial charge in [-0.3, -0.25) is 0 Å². The Kier molecular flexibility index (Phi) is 5.10. The van der Waals surface area contributed by atoms with E-state index in [1.807, 2.05) is 19.9 Å². The summed E-state index contributed by atoms with van der Waals surface area (Å²) in [5, 5.41) is 19.5. The second-order valence-corrected chi connectivity index (χ2v) is 6.09. The van der Waals surface area contributed by atoms with E-state index in [0.717, 1.165) is 5.69 Å². The van der Waals surface area contributed by atoms with Gasteiger partial charge in [-0.25, -0.2) is 4.79 Å². The van der Waals surface area contributed by atoms with Crippen LogP contribution in [-0.2, 0) is 12.1 Å². The van der Waals surface area contributed by atoms with Gasteiger partial charge in [-0.05, 0) is 31.9 Å². The van der Waals surface area contributed by atoms with Gasteiger partial charge >= 0.3 is 6.03 Å². The van der Waals surface area contributed by atoms with Gasteiger partial charge < -0.3 is 24.7 Å². The lowest BCUT2D eigenvalue weighted by molar-refractivity contribution is 0.0359. The highest BCUT2D eigenvalue weighted by molar-refractivity contribution is 5.73. The number of nitrogens with zero attached hydrogens (tertiary/aromatic N) is 1. The Morgan fingerprint density at radius 2 is 2.13 bits per heavy atom. The largest absolute Gasteiger partial charge is 0.463 e. The lowest BCUT2D eigenvalue weighted by atomic mass is 10.0. The molecule has 7 nitrogen and oxygen atoms in total. The summed E-state index contributed by atoms with van der Waals surface area (Å²) in [4.78, 5) is 11.8. The van der Waals surface area contributed by atoms with Crippen molar-refractivity contribution in [2.75, 3.05) is 6.54 Å². The summed E-state index contributed by atoms with van der Waals surface area (Å²) in [6.45, 7) is 7.66. The quantitative estimate of drug-likeness (QED) is 0.758. The Balaban J connectivity index is 1.80. The molecule has 7 heteroatoms. The molecule has 2 amide bonds. The molecule has 0 radical (unpaired) electrons. The molecule has 1 atom stereocenters. The first kappa shape index (κ1) is 17.1. The van der Waals surface area contributed by atoms with Crippen molar-refractivity contribution < 1.29 is 18.8 Å². The van der Waals surface area contributed by atoms with Gasteiger partial charge in [-0.1, -0.05) is 19.0 Å². The van der Waals surface area contributed by atoms with Crippen LogP contribution < -0.4 is 10.6 Å². The van der Waals surface area contributed by atoms with Gasteiger partial charge in [0.1, 0.15) is 17.1 Å². The van der Waals surface area contributed by atoms with Gasteiger partial charge in [0, 0.05) is 6.07 Å². The van der Waals surface area contributed by atoms with Crippen LogP contribution in [0, 0.1) is 6.92 Å². The summed E-state index contributed by atoms with van der Waals surface area (Å²) in [6, 6.07) is 4.86. The highest BCUT2D eigenvalue weighted by Crippen LogP contribution is 2.21. The number of aryl methyl sites for hydroxylation is 1. The fourth-order valence-electron chi connectivity index (χ4n) is 1.98. The predicted molar refractivity (Wildman–Crippen MR) is 83.8 cm³/mol. The number of carbonyl (C=O) groups is 1. The second-order valence-electron chi connectivity index (χ2n) is 6.09. The first-order chi connectivity index (χ1) is 10.8. The molecule has 3 N–H and O–H groups in total. The third-order valence-electron chi connectivity index (χ3n) is 3.46. The molecule has 2 heterocycles. The summed E-state index contributed by atoms with van der Waals surface area (Å²) < 4.78 is 10.5. The normalized spacial score (nSPS) is 13.8. The number of aromatic nitrogens is 1. The number of carbonyl (C=O) groups excluding carboxylic acids is 1. The van der Waals surface area contributed by atoms with E-state index < -0.39 is 11.6 Å². The molecule has 0 aliphatic heterocycles. The molecule has 0 aliphatic carbocycles. The van der Waals surface area contributed by atoms with Gasteiger partial charge in [0.15, 0.2) is 5.76 Å². The van der Waals surface area contributed by atoms with Crippen LogP contribution >= 0.6 is 0 Å². The minimum atomic E-state index is -1.28. The first-order valence-corrected chi connectivity index (χ1v) is 7.54. The van der Waals surface area contributed by atoms with Crippen LogP contribution in [0.5, 0.6) is 0 Å². The molecule has 0 aromatic carbocycles. The molecule has 0 saturated heterocycles. The predicted octanol–water partition coefficient (Wildman–Crippen LogP) is 2.41. The molecular formula is C16H23N3O4. The molecule has 2 aromatic heterocycles. The lowest BCUT2D eigenvalue weighted by Crippen LogP contribution is -2.43. The summed E-state index contributed by atoms with van der Waals surface area (Å²) in [7, 11) is 0.